The van der Waals surface area contributed by atoms with Crippen molar-refractivity contribution in [2.45, 2.75) is 13.1 Å². The summed E-state index contributed by atoms with van der Waals surface area (Å²) >= 11 is 0. The zero-order chi connectivity index (χ0) is 13.2. The SMILES string of the molecule is Cn1nccc1CNCc1nc2ccccc2n1C. The lowest BCUT2D eigenvalue weighted by Crippen LogP contribution is -2.17. The summed E-state index contributed by atoms with van der Waals surface area (Å²) in [7, 11) is 4.00. The van der Waals surface area contributed by atoms with Crippen molar-refractivity contribution in [2.75, 3.05) is 0 Å². The van der Waals surface area contributed by atoms with Crippen molar-refractivity contribution in [1.29, 1.82) is 0 Å². The Morgan fingerprint density at radius 3 is 2.68 bits per heavy atom. The minimum Gasteiger partial charge on any atom is -0.330 e. The number of aryl methyl sites for hydroxylation is 2. The zero-order valence-corrected chi connectivity index (χ0v) is 11.2. The average molecular weight is 255 g/mol. The van der Waals surface area contributed by atoms with Gasteiger partial charge in [-0.1, -0.05) is 12.1 Å². The van der Waals surface area contributed by atoms with E-state index in [0.29, 0.717) is 0 Å². The Labute approximate surface area is 111 Å². The quantitative estimate of drug-likeness (QED) is 0.770. The molecule has 98 valence electrons. The van der Waals surface area contributed by atoms with E-state index in [2.05, 4.69) is 33.1 Å². The van der Waals surface area contributed by atoms with E-state index in [9.17, 15) is 0 Å². The third kappa shape index (κ3) is 2.24. The van der Waals surface area contributed by atoms with Crippen molar-refractivity contribution < 1.29 is 0 Å². The fraction of sp³-hybridized carbons (Fsp3) is 0.286. The molecule has 3 rings (SSSR count). The Balaban J connectivity index is 1.72. The number of rotatable bonds is 4. The highest BCUT2D eigenvalue weighted by molar-refractivity contribution is 5.75. The lowest BCUT2D eigenvalue weighted by Gasteiger charge is -2.05. The fourth-order valence-corrected chi connectivity index (χ4v) is 2.23. The van der Waals surface area contributed by atoms with Gasteiger partial charge in [-0.25, -0.2) is 4.98 Å². The lowest BCUT2D eigenvalue weighted by molar-refractivity contribution is 0.602. The van der Waals surface area contributed by atoms with E-state index in [-0.39, 0.29) is 0 Å². The summed E-state index contributed by atoms with van der Waals surface area (Å²) in [6.07, 6.45) is 1.81. The van der Waals surface area contributed by atoms with Crippen LogP contribution in [0.3, 0.4) is 0 Å². The van der Waals surface area contributed by atoms with Crippen molar-refractivity contribution in [3.8, 4) is 0 Å². The van der Waals surface area contributed by atoms with Gasteiger partial charge in [0.05, 0.1) is 23.3 Å². The molecule has 0 bridgehead atoms. The van der Waals surface area contributed by atoms with E-state index in [1.54, 1.807) is 0 Å². The number of nitrogens with one attached hydrogen (secondary N) is 1. The summed E-state index contributed by atoms with van der Waals surface area (Å²) in [6.45, 7) is 1.54. The first-order chi connectivity index (χ1) is 9.25. The molecule has 5 heteroatoms. The molecule has 19 heavy (non-hydrogen) atoms. The first kappa shape index (κ1) is 11.9. The monoisotopic (exact) mass is 255 g/mol. The Kier molecular flexibility index (Phi) is 3.05. The van der Waals surface area contributed by atoms with Gasteiger partial charge in [0.1, 0.15) is 5.82 Å². The Morgan fingerprint density at radius 1 is 1.11 bits per heavy atom. The minimum absolute atomic E-state index is 0.746. The van der Waals surface area contributed by atoms with E-state index >= 15 is 0 Å². The van der Waals surface area contributed by atoms with Crippen molar-refractivity contribution >= 4 is 11.0 Å². The third-order valence-corrected chi connectivity index (χ3v) is 3.39. The van der Waals surface area contributed by atoms with Gasteiger partial charge in [-0.3, -0.25) is 4.68 Å². The summed E-state index contributed by atoms with van der Waals surface area (Å²) < 4.78 is 4.01. The van der Waals surface area contributed by atoms with Gasteiger partial charge in [0.25, 0.3) is 0 Å². The van der Waals surface area contributed by atoms with Crippen LogP contribution in [0.4, 0.5) is 0 Å². The number of para-hydroxylation sites is 2. The van der Waals surface area contributed by atoms with Crippen LogP contribution in [0.2, 0.25) is 0 Å². The first-order valence-corrected chi connectivity index (χ1v) is 6.33. The molecular weight excluding hydrogens is 238 g/mol. The highest BCUT2D eigenvalue weighted by atomic mass is 15.3. The molecule has 2 heterocycles. The number of imidazole rings is 1. The number of hydrogen-bond acceptors (Lipinski definition) is 3. The summed E-state index contributed by atoms with van der Waals surface area (Å²) in [6, 6.07) is 10.2. The van der Waals surface area contributed by atoms with Gasteiger partial charge in [-0.15, -0.1) is 0 Å². The topological polar surface area (TPSA) is 47.7 Å². The standard InChI is InChI=1S/C14H17N5/c1-18-13-6-4-3-5-12(13)17-14(18)10-15-9-11-7-8-16-19(11)2/h3-8,15H,9-10H2,1-2H3. The van der Waals surface area contributed by atoms with E-state index < -0.39 is 0 Å². The summed E-state index contributed by atoms with van der Waals surface area (Å²) in [5.41, 5.74) is 3.38. The van der Waals surface area contributed by atoms with Crippen LogP contribution in [0.5, 0.6) is 0 Å². The molecule has 0 aliphatic carbocycles. The van der Waals surface area contributed by atoms with Crippen LogP contribution in [0.1, 0.15) is 11.5 Å². The fourth-order valence-electron chi connectivity index (χ4n) is 2.23. The molecule has 0 spiro atoms. The molecule has 1 aromatic carbocycles. The molecule has 0 unspecified atom stereocenters. The van der Waals surface area contributed by atoms with Crippen molar-refractivity contribution in [1.82, 2.24) is 24.6 Å². The van der Waals surface area contributed by atoms with Crippen LogP contribution < -0.4 is 5.32 Å². The predicted octanol–water partition coefficient (Wildman–Crippen LogP) is 1.60. The van der Waals surface area contributed by atoms with Crippen LogP contribution in [0.15, 0.2) is 36.5 Å². The van der Waals surface area contributed by atoms with Gasteiger partial charge < -0.3 is 9.88 Å². The minimum atomic E-state index is 0.746. The van der Waals surface area contributed by atoms with E-state index in [1.807, 2.05) is 42.2 Å². The number of benzene rings is 1. The molecule has 0 saturated heterocycles. The Morgan fingerprint density at radius 2 is 1.95 bits per heavy atom. The van der Waals surface area contributed by atoms with Crippen LogP contribution in [0.25, 0.3) is 11.0 Å². The van der Waals surface area contributed by atoms with Crippen molar-refractivity contribution in [3.63, 3.8) is 0 Å². The van der Waals surface area contributed by atoms with Gasteiger partial charge in [0.15, 0.2) is 0 Å². The second-order valence-electron chi connectivity index (χ2n) is 4.63. The van der Waals surface area contributed by atoms with E-state index in [4.69, 9.17) is 0 Å². The van der Waals surface area contributed by atoms with Gasteiger partial charge in [0, 0.05) is 26.8 Å². The molecular formula is C14H17N5. The molecule has 5 nitrogen and oxygen atoms in total. The molecule has 0 saturated carbocycles. The van der Waals surface area contributed by atoms with Crippen LogP contribution >= 0.6 is 0 Å². The van der Waals surface area contributed by atoms with Crippen molar-refractivity contribution in [2.24, 2.45) is 14.1 Å². The average Bonchev–Trinajstić information content (AvgIpc) is 2.96. The van der Waals surface area contributed by atoms with Crippen LogP contribution in [0, 0.1) is 0 Å². The van der Waals surface area contributed by atoms with E-state index in [0.717, 1.165) is 24.4 Å². The second-order valence-corrected chi connectivity index (χ2v) is 4.63. The highest BCUT2D eigenvalue weighted by Gasteiger charge is 2.06. The molecule has 0 amide bonds. The van der Waals surface area contributed by atoms with Gasteiger partial charge >= 0.3 is 0 Å². The molecule has 0 atom stereocenters. The smallest absolute Gasteiger partial charge is 0.123 e. The first-order valence-electron chi connectivity index (χ1n) is 6.33. The lowest BCUT2D eigenvalue weighted by atomic mass is 10.3. The summed E-state index contributed by atoms with van der Waals surface area (Å²) in [5.74, 6) is 1.04. The molecule has 0 radical (unpaired) electrons. The molecule has 2 aromatic heterocycles. The molecule has 0 aliphatic rings. The van der Waals surface area contributed by atoms with Gasteiger partial charge in [-0.2, -0.15) is 5.10 Å². The van der Waals surface area contributed by atoms with Crippen molar-refractivity contribution in [3.05, 3.63) is 48.0 Å². The maximum absolute atomic E-state index is 4.63. The van der Waals surface area contributed by atoms with Gasteiger partial charge in [0.2, 0.25) is 0 Å². The summed E-state index contributed by atoms with van der Waals surface area (Å²) in [4.78, 5) is 4.63. The third-order valence-electron chi connectivity index (χ3n) is 3.39. The maximum atomic E-state index is 4.63. The molecule has 3 aromatic rings. The molecule has 1 N–H and O–H groups in total. The van der Waals surface area contributed by atoms with Gasteiger partial charge in [-0.05, 0) is 18.2 Å². The number of nitrogens with zero attached hydrogens (tertiary/aromatic N) is 4. The maximum Gasteiger partial charge on any atom is 0.123 e. The van der Waals surface area contributed by atoms with Crippen LogP contribution in [-0.2, 0) is 27.2 Å². The number of hydrogen-bond donors (Lipinski definition) is 1. The molecule has 0 fully saturated rings. The summed E-state index contributed by atoms with van der Waals surface area (Å²) in [5, 5.41) is 7.55. The largest absolute Gasteiger partial charge is 0.330 e. The normalized spacial score (nSPS) is 11.3. The molecule has 0 aliphatic heterocycles. The Hall–Kier alpha value is -2.14. The number of aromatic nitrogens is 4. The highest BCUT2D eigenvalue weighted by Crippen LogP contribution is 2.13. The number of fused-ring (bicyclic) bond motifs is 1. The second kappa shape index (κ2) is 4.85. The van der Waals surface area contributed by atoms with E-state index in [1.165, 1.54) is 11.2 Å². The van der Waals surface area contributed by atoms with Crippen LogP contribution in [-0.4, -0.2) is 19.3 Å². The zero-order valence-electron chi connectivity index (χ0n) is 11.2. The predicted molar refractivity (Wildman–Crippen MR) is 74.5 cm³/mol. The Bertz CT molecular complexity index is 695.